The predicted octanol–water partition coefficient (Wildman–Crippen LogP) is 3.70. The van der Waals surface area contributed by atoms with Crippen molar-refractivity contribution in [3.8, 4) is 0 Å². The monoisotopic (exact) mass is 428 g/mol. The summed E-state index contributed by atoms with van der Waals surface area (Å²) in [7, 11) is -3.64. The molecule has 27 heavy (non-hydrogen) atoms. The van der Waals surface area contributed by atoms with Gasteiger partial charge in [0.1, 0.15) is 0 Å². The molecule has 0 bridgehead atoms. The largest absolute Gasteiger partial charge is 0.377 e. The van der Waals surface area contributed by atoms with Gasteiger partial charge in [-0.2, -0.15) is 0 Å². The number of carbonyl (C=O) groups excluding carboxylic acids is 1. The van der Waals surface area contributed by atoms with E-state index in [0.29, 0.717) is 12.3 Å². The predicted molar refractivity (Wildman–Crippen MR) is 105 cm³/mol. The Bertz CT molecular complexity index is 907. The van der Waals surface area contributed by atoms with Gasteiger partial charge in [0.15, 0.2) is 0 Å². The van der Waals surface area contributed by atoms with Gasteiger partial charge in [-0.3, -0.25) is 4.79 Å². The quantitative estimate of drug-likeness (QED) is 0.734. The molecule has 1 amide bonds. The fourth-order valence-electron chi connectivity index (χ4n) is 2.72. The maximum absolute atomic E-state index is 12.4. The molecule has 1 aliphatic rings. The molecular formula is C18H18Cl2N2O4S. The number of rotatable bonds is 6. The Hall–Kier alpha value is -1.64. The lowest BCUT2D eigenvalue weighted by molar-refractivity contribution is 0.102. The fraction of sp³-hybridized carbons (Fsp3) is 0.278. The van der Waals surface area contributed by atoms with Gasteiger partial charge in [0.2, 0.25) is 10.0 Å². The van der Waals surface area contributed by atoms with Gasteiger partial charge in [0.05, 0.1) is 26.6 Å². The number of carbonyl (C=O) groups is 1. The average molecular weight is 429 g/mol. The second-order valence-electron chi connectivity index (χ2n) is 6.06. The van der Waals surface area contributed by atoms with Crippen LogP contribution in [0.25, 0.3) is 0 Å². The van der Waals surface area contributed by atoms with Gasteiger partial charge in [-0.15, -0.1) is 0 Å². The van der Waals surface area contributed by atoms with Crippen molar-refractivity contribution in [1.29, 1.82) is 0 Å². The first kappa shape index (κ1) is 20.1. The Kier molecular flexibility index (Phi) is 6.39. The maximum atomic E-state index is 12.4. The highest BCUT2D eigenvalue weighted by atomic mass is 35.5. The minimum atomic E-state index is -3.64. The summed E-state index contributed by atoms with van der Waals surface area (Å²) in [6.07, 6.45) is 1.70. The normalized spacial score (nSPS) is 17.0. The number of amides is 1. The smallest absolute Gasteiger partial charge is 0.258 e. The Morgan fingerprint density at radius 2 is 1.78 bits per heavy atom. The van der Waals surface area contributed by atoms with E-state index in [1.807, 2.05) is 0 Å². The van der Waals surface area contributed by atoms with Crippen LogP contribution in [0.5, 0.6) is 0 Å². The van der Waals surface area contributed by atoms with E-state index in [1.165, 1.54) is 24.3 Å². The molecule has 1 saturated heterocycles. The Morgan fingerprint density at radius 3 is 2.37 bits per heavy atom. The van der Waals surface area contributed by atoms with Crippen LogP contribution >= 0.6 is 23.2 Å². The highest BCUT2D eigenvalue weighted by Gasteiger charge is 2.20. The molecule has 2 aromatic rings. The number of hydrogen-bond donors (Lipinski definition) is 2. The third kappa shape index (κ3) is 5.00. The van der Waals surface area contributed by atoms with Gasteiger partial charge >= 0.3 is 0 Å². The molecule has 1 aliphatic heterocycles. The highest BCUT2D eigenvalue weighted by molar-refractivity contribution is 7.89. The van der Waals surface area contributed by atoms with E-state index in [2.05, 4.69) is 10.0 Å². The molecule has 1 atom stereocenters. The van der Waals surface area contributed by atoms with Crippen LogP contribution in [-0.2, 0) is 14.8 Å². The van der Waals surface area contributed by atoms with Crippen LogP contribution in [0.3, 0.4) is 0 Å². The minimum absolute atomic E-state index is 0.0845. The summed E-state index contributed by atoms with van der Waals surface area (Å²) < 4.78 is 32.6. The Balaban J connectivity index is 1.66. The topological polar surface area (TPSA) is 84.5 Å². The summed E-state index contributed by atoms with van der Waals surface area (Å²) in [4.78, 5) is 12.5. The van der Waals surface area contributed by atoms with Crippen LogP contribution in [0.15, 0.2) is 47.4 Å². The maximum Gasteiger partial charge on any atom is 0.258 e. The van der Waals surface area contributed by atoms with Gasteiger partial charge in [0, 0.05) is 18.8 Å². The number of hydrogen-bond acceptors (Lipinski definition) is 4. The van der Waals surface area contributed by atoms with Gasteiger partial charge in [-0.1, -0.05) is 29.3 Å². The molecule has 1 unspecified atom stereocenters. The van der Waals surface area contributed by atoms with Crippen molar-refractivity contribution in [3.63, 3.8) is 0 Å². The van der Waals surface area contributed by atoms with Crippen LogP contribution < -0.4 is 10.0 Å². The summed E-state index contributed by atoms with van der Waals surface area (Å²) in [5.41, 5.74) is 0.588. The van der Waals surface area contributed by atoms with Crippen molar-refractivity contribution in [2.75, 3.05) is 18.5 Å². The third-order valence-corrected chi connectivity index (χ3v) is 6.21. The lowest BCUT2D eigenvalue weighted by atomic mass is 10.2. The standard InChI is InChI=1S/C18H18Cl2N2O4S/c19-15-4-1-5-16(20)17(15)18(23)22-12-6-8-14(9-7-12)27(24,25)21-11-13-3-2-10-26-13/h1,4-9,13,21H,2-3,10-11H2,(H,22,23). The SMILES string of the molecule is O=C(Nc1ccc(S(=O)(=O)NCC2CCCO2)cc1)c1c(Cl)cccc1Cl. The van der Waals surface area contributed by atoms with Crippen LogP contribution in [-0.4, -0.2) is 33.6 Å². The van der Waals surface area contributed by atoms with Crippen LogP contribution in [0.2, 0.25) is 10.0 Å². The number of nitrogens with one attached hydrogen (secondary N) is 2. The van der Waals surface area contributed by atoms with E-state index < -0.39 is 15.9 Å². The number of benzene rings is 2. The molecule has 2 aromatic carbocycles. The van der Waals surface area contributed by atoms with E-state index in [9.17, 15) is 13.2 Å². The molecule has 144 valence electrons. The van der Waals surface area contributed by atoms with Crippen molar-refractivity contribution in [2.45, 2.75) is 23.8 Å². The molecule has 3 rings (SSSR count). The first-order valence-electron chi connectivity index (χ1n) is 8.33. The zero-order valence-corrected chi connectivity index (χ0v) is 16.6. The van der Waals surface area contributed by atoms with E-state index >= 15 is 0 Å². The second-order valence-corrected chi connectivity index (χ2v) is 8.64. The number of anilines is 1. The second kappa shape index (κ2) is 8.58. The lowest BCUT2D eigenvalue weighted by Crippen LogP contribution is -2.31. The van der Waals surface area contributed by atoms with E-state index in [1.54, 1.807) is 18.2 Å². The zero-order valence-electron chi connectivity index (χ0n) is 14.2. The molecule has 2 N–H and O–H groups in total. The highest BCUT2D eigenvalue weighted by Crippen LogP contribution is 2.25. The van der Waals surface area contributed by atoms with Crippen LogP contribution in [0.4, 0.5) is 5.69 Å². The summed E-state index contributed by atoms with van der Waals surface area (Å²) >= 11 is 12.0. The van der Waals surface area contributed by atoms with Crippen molar-refractivity contribution in [3.05, 3.63) is 58.1 Å². The van der Waals surface area contributed by atoms with E-state index in [-0.39, 0.29) is 33.2 Å². The molecule has 0 aromatic heterocycles. The number of sulfonamides is 1. The minimum Gasteiger partial charge on any atom is -0.377 e. The van der Waals surface area contributed by atoms with Gasteiger partial charge in [-0.25, -0.2) is 13.1 Å². The van der Waals surface area contributed by atoms with Crippen molar-refractivity contribution in [2.24, 2.45) is 0 Å². The summed E-state index contributed by atoms with van der Waals surface area (Å²) in [6.45, 7) is 0.905. The first-order chi connectivity index (χ1) is 12.9. The summed E-state index contributed by atoms with van der Waals surface area (Å²) in [6, 6.07) is 10.6. The Morgan fingerprint density at radius 1 is 1.11 bits per heavy atom. The van der Waals surface area contributed by atoms with Crippen molar-refractivity contribution in [1.82, 2.24) is 4.72 Å². The van der Waals surface area contributed by atoms with Crippen molar-refractivity contribution < 1.29 is 17.9 Å². The molecule has 6 nitrogen and oxygen atoms in total. The third-order valence-electron chi connectivity index (χ3n) is 4.14. The molecule has 0 spiro atoms. The van der Waals surface area contributed by atoms with Gasteiger partial charge < -0.3 is 10.1 Å². The summed E-state index contributed by atoms with van der Waals surface area (Å²) in [5.74, 6) is -0.474. The molecule has 0 aliphatic carbocycles. The molecule has 0 radical (unpaired) electrons. The molecule has 9 heteroatoms. The van der Waals surface area contributed by atoms with Crippen LogP contribution in [0, 0.1) is 0 Å². The average Bonchev–Trinajstić information content (AvgIpc) is 3.14. The first-order valence-corrected chi connectivity index (χ1v) is 10.6. The fourth-order valence-corrected chi connectivity index (χ4v) is 4.35. The van der Waals surface area contributed by atoms with Crippen LogP contribution in [0.1, 0.15) is 23.2 Å². The summed E-state index contributed by atoms with van der Waals surface area (Å²) in [5, 5.41) is 3.12. The molecule has 0 saturated carbocycles. The van der Waals surface area contributed by atoms with Crippen molar-refractivity contribution >= 4 is 44.8 Å². The number of halogens is 2. The van der Waals surface area contributed by atoms with Gasteiger partial charge in [0.25, 0.3) is 5.91 Å². The Labute approximate surface area is 167 Å². The molecule has 1 fully saturated rings. The number of ether oxygens (including phenoxy) is 1. The van der Waals surface area contributed by atoms with E-state index in [0.717, 1.165) is 12.8 Å². The zero-order chi connectivity index (χ0) is 19.4. The van der Waals surface area contributed by atoms with E-state index in [4.69, 9.17) is 27.9 Å². The lowest BCUT2D eigenvalue weighted by Gasteiger charge is -2.12. The van der Waals surface area contributed by atoms with Gasteiger partial charge in [-0.05, 0) is 49.2 Å². The molecular weight excluding hydrogens is 411 g/mol. The molecule has 1 heterocycles.